The van der Waals surface area contributed by atoms with Crippen LogP contribution >= 0.6 is 0 Å². The van der Waals surface area contributed by atoms with E-state index in [4.69, 9.17) is 4.98 Å². The largest absolute Gasteiger partial charge is 0.342 e. The maximum absolute atomic E-state index is 13.0. The summed E-state index contributed by atoms with van der Waals surface area (Å²) in [7, 11) is 0. The Labute approximate surface area is 210 Å². The van der Waals surface area contributed by atoms with Crippen molar-refractivity contribution in [1.29, 1.82) is 0 Å². The van der Waals surface area contributed by atoms with Gasteiger partial charge in [0.1, 0.15) is 5.65 Å². The topological polar surface area (TPSA) is 67.2 Å². The third-order valence-corrected chi connectivity index (χ3v) is 8.80. The number of anilines is 1. The molecular weight excluding hydrogens is 448 g/mol. The van der Waals surface area contributed by atoms with Gasteiger partial charge in [-0.2, -0.15) is 0 Å². The molecule has 0 atom stereocenters. The Kier molecular flexibility index (Phi) is 4.75. The first-order valence-electron chi connectivity index (χ1n) is 13.1. The van der Waals surface area contributed by atoms with Crippen LogP contribution < -0.4 is 5.32 Å². The molecule has 0 bridgehead atoms. The lowest BCUT2D eigenvalue weighted by Crippen LogP contribution is -2.49. The summed E-state index contributed by atoms with van der Waals surface area (Å²) in [6, 6.07) is 14.7. The highest BCUT2D eigenvalue weighted by molar-refractivity contribution is 6.24. The van der Waals surface area contributed by atoms with Crippen LogP contribution in [0.1, 0.15) is 66.6 Å². The molecule has 182 valence electrons. The number of carbonyl (C=O) groups is 2. The molecule has 4 heterocycles. The smallest absolute Gasteiger partial charge is 0.256 e. The molecule has 3 aliphatic rings. The van der Waals surface area contributed by atoms with Crippen molar-refractivity contribution in [2.45, 2.75) is 51.5 Å². The van der Waals surface area contributed by atoms with Crippen LogP contribution in [-0.2, 0) is 11.2 Å². The number of hydrogen-bond donors (Lipinski definition) is 1. The fraction of sp³-hybridized carbons (Fsp3) is 0.367. The fourth-order valence-electron chi connectivity index (χ4n) is 6.53. The Morgan fingerprint density at radius 2 is 1.86 bits per heavy atom. The molecule has 2 amide bonds. The number of amides is 2. The molecule has 2 aromatic heterocycles. The van der Waals surface area contributed by atoms with Gasteiger partial charge in [-0.15, -0.1) is 0 Å². The zero-order valence-electron chi connectivity index (χ0n) is 20.6. The van der Waals surface area contributed by atoms with Crippen molar-refractivity contribution in [2.75, 3.05) is 18.4 Å². The van der Waals surface area contributed by atoms with Gasteiger partial charge in [-0.05, 0) is 66.5 Å². The van der Waals surface area contributed by atoms with Crippen LogP contribution in [0.3, 0.4) is 0 Å². The van der Waals surface area contributed by atoms with Crippen LogP contribution in [0.25, 0.3) is 21.8 Å². The second-order valence-electron chi connectivity index (χ2n) is 11.0. The Bertz CT molecular complexity index is 1540. The van der Waals surface area contributed by atoms with E-state index < -0.39 is 0 Å². The summed E-state index contributed by atoms with van der Waals surface area (Å²) in [5.74, 6) is 0.327. The van der Waals surface area contributed by atoms with Crippen LogP contribution in [0.4, 0.5) is 5.69 Å². The zero-order chi connectivity index (χ0) is 24.4. The van der Waals surface area contributed by atoms with Gasteiger partial charge >= 0.3 is 0 Å². The van der Waals surface area contributed by atoms with E-state index in [0.29, 0.717) is 11.9 Å². The number of carbonyl (C=O) groups excluding carboxylic acids is 2. The number of aromatic nitrogens is 2. The van der Waals surface area contributed by atoms with Crippen LogP contribution in [0.2, 0.25) is 0 Å². The lowest BCUT2D eigenvalue weighted by atomic mass is 9.69. The highest BCUT2D eigenvalue weighted by Gasteiger charge is 2.42. The fourth-order valence-corrected chi connectivity index (χ4v) is 6.53. The maximum Gasteiger partial charge on any atom is 0.256 e. The summed E-state index contributed by atoms with van der Waals surface area (Å²) < 4.78 is 2.35. The van der Waals surface area contributed by atoms with Crippen molar-refractivity contribution >= 4 is 39.3 Å². The first-order valence-corrected chi connectivity index (χ1v) is 13.1. The molecule has 2 fully saturated rings. The molecule has 1 saturated heterocycles. The lowest BCUT2D eigenvalue weighted by Gasteiger charge is -2.43. The standard InChI is InChI=1S/C30H30N4O2/c1-30(12-4-13-30)29(36)33-15-10-21(11-16-33)34-18-20(23-7-3-14-31-27(23)34)17-19-8-9-25-26-22(19)5-2-6-24(26)28(35)32-25/h2-3,5-9,14,18,21H,4,10-13,15-17H2,1H3,(H,32,35). The minimum absolute atomic E-state index is 0.0234. The van der Waals surface area contributed by atoms with Crippen molar-refractivity contribution < 1.29 is 9.59 Å². The Morgan fingerprint density at radius 1 is 1.06 bits per heavy atom. The second kappa shape index (κ2) is 7.92. The number of piperidine rings is 1. The maximum atomic E-state index is 13.0. The number of benzene rings is 2. The van der Waals surface area contributed by atoms with E-state index >= 15 is 0 Å². The minimum atomic E-state index is -0.124. The molecule has 1 saturated carbocycles. The van der Waals surface area contributed by atoms with Crippen molar-refractivity contribution in [1.82, 2.24) is 14.5 Å². The number of hydrogen-bond acceptors (Lipinski definition) is 3. The van der Waals surface area contributed by atoms with Gasteiger partial charge in [0.25, 0.3) is 5.91 Å². The summed E-state index contributed by atoms with van der Waals surface area (Å²) >= 11 is 0. The third-order valence-electron chi connectivity index (χ3n) is 8.80. The van der Waals surface area contributed by atoms with E-state index in [0.717, 1.165) is 72.9 Å². The van der Waals surface area contributed by atoms with Crippen LogP contribution in [0.15, 0.2) is 54.9 Å². The summed E-state index contributed by atoms with van der Waals surface area (Å²) in [5, 5.41) is 6.32. The molecular formula is C30H30N4O2. The van der Waals surface area contributed by atoms with Gasteiger partial charge in [-0.25, -0.2) is 4.98 Å². The van der Waals surface area contributed by atoms with E-state index in [-0.39, 0.29) is 11.3 Å². The number of fused-ring (bicyclic) bond motifs is 1. The molecule has 6 nitrogen and oxygen atoms in total. The van der Waals surface area contributed by atoms with Crippen LogP contribution in [0.5, 0.6) is 0 Å². The van der Waals surface area contributed by atoms with Gasteiger partial charge in [0.05, 0.1) is 0 Å². The van der Waals surface area contributed by atoms with Crippen molar-refractivity contribution in [2.24, 2.45) is 5.41 Å². The van der Waals surface area contributed by atoms with Gasteiger partial charge in [0, 0.05) is 65.4 Å². The molecule has 7 rings (SSSR count). The first-order chi connectivity index (χ1) is 17.5. The quantitative estimate of drug-likeness (QED) is 0.409. The van der Waals surface area contributed by atoms with Crippen LogP contribution in [0, 0.1) is 5.41 Å². The van der Waals surface area contributed by atoms with Crippen LogP contribution in [-0.4, -0.2) is 39.4 Å². The summed E-state index contributed by atoms with van der Waals surface area (Å²) in [5.41, 5.74) is 5.01. The average molecular weight is 479 g/mol. The van der Waals surface area contributed by atoms with E-state index in [1.165, 1.54) is 22.9 Å². The molecule has 2 aromatic carbocycles. The Hall–Kier alpha value is -3.67. The SMILES string of the molecule is CC1(C(=O)N2CCC(n3cc(Cc4ccc5c6c(cccc46)C(=O)N5)c4cccnc43)CC2)CCC1. The molecule has 2 aliphatic heterocycles. The molecule has 4 aromatic rings. The highest BCUT2D eigenvalue weighted by Crippen LogP contribution is 2.43. The predicted molar refractivity (Wildman–Crippen MR) is 141 cm³/mol. The molecule has 0 radical (unpaired) electrons. The number of nitrogens with zero attached hydrogens (tertiary/aromatic N) is 3. The molecule has 0 spiro atoms. The Morgan fingerprint density at radius 3 is 2.64 bits per heavy atom. The normalized spacial score (nSPS) is 19.0. The van der Waals surface area contributed by atoms with Gasteiger partial charge < -0.3 is 14.8 Å². The number of nitrogens with one attached hydrogen (secondary N) is 1. The number of pyridine rings is 1. The zero-order valence-corrected chi connectivity index (χ0v) is 20.6. The number of likely N-dealkylation sites (tertiary alicyclic amines) is 1. The van der Waals surface area contributed by atoms with E-state index in [1.807, 2.05) is 30.5 Å². The molecule has 36 heavy (non-hydrogen) atoms. The molecule has 0 unspecified atom stereocenters. The predicted octanol–water partition coefficient (Wildman–Crippen LogP) is 5.70. The van der Waals surface area contributed by atoms with Gasteiger partial charge in [0.15, 0.2) is 0 Å². The summed E-state index contributed by atoms with van der Waals surface area (Å²) in [6.45, 7) is 3.76. The highest BCUT2D eigenvalue weighted by atomic mass is 16.2. The monoisotopic (exact) mass is 478 g/mol. The summed E-state index contributed by atoms with van der Waals surface area (Å²) in [4.78, 5) is 32.3. The first kappa shape index (κ1) is 21.6. The van der Waals surface area contributed by atoms with Crippen molar-refractivity contribution in [3.8, 4) is 0 Å². The third kappa shape index (κ3) is 3.20. The summed E-state index contributed by atoms with van der Waals surface area (Å²) in [6.07, 6.45) is 10.1. The van der Waals surface area contributed by atoms with E-state index in [1.54, 1.807) is 0 Å². The second-order valence-corrected chi connectivity index (χ2v) is 11.0. The van der Waals surface area contributed by atoms with Gasteiger partial charge in [-0.1, -0.05) is 31.5 Å². The molecule has 1 N–H and O–H groups in total. The Balaban J connectivity index is 1.19. The number of rotatable bonds is 4. The van der Waals surface area contributed by atoms with Gasteiger partial charge in [0.2, 0.25) is 5.91 Å². The van der Waals surface area contributed by atoms with E-state index in [9.17, 15) is 9.59 Å². The van der Waals surface area contributed by atoms with Gasteiger partial charge in [-0.3, -0.25) is 9.59 Å². The van der Waals surface area contributed by atoms with Crippen molar-refractivity contribution in [3.05, 3.63) is 71.5 Å². The van der Waals surface area contributed by atoms with Crippen molar-refractivity contribution in [3.63, 3.8) is 0 Å². The molecule has 6 heteroatoms. The minimum Gasteiger partial charge on any atom is -0.342 e. The molecule has 1 aliphatic carbocycles. The average Bonchev–Trinajstić information content (AvgIpc) is 3.42. The lowest BCUT2D eigenvalue weighted by molar-refractivity contribution is -0.147. The van der Waals surface area contributed by atoms with E-state index in [2.05, 4.69) is 46.1 Å².